The average molecular weight is 290 g/mol. The van der Waals surface area contributed by atoms with E-state index in [1.165, 1.54) is 0 Å². The van der Waals surface area contributed by atoms with Gasteiger partial charge in [-0.2, -0.15) is 5.26 Å². The maximum Gasteiger partial charge on any atom is 0.240 e. The zero-order valence-corrected chi connectivity index (χ0v) is 12.1. The predicted octanol–water partition coefficient (Wildman–Crippen LogP) is 2.39. The average Bonchev–Trinajstić information content (AvgIpc) is 2.47. The highest BCUT2D eigenvalue weighted by atomic mass is 32.2. The van der Waals surface area contributed by atoms with Crippen LogP contribution in [0, 0.1) is 17.2 Å². The molecule has 0 saturated heterocycles. The number of nitrogens with one attached hydrogen (secondary N) is 1. The molecule has 0 heterocycles. The Hall–Kier alpha value is -1.64. The Kier molecular flexibility index (Phi) is 4.94. The molecule has 4 nitrogen and oxygen atoms in total. The molecule has 1 unspecified atom stereocenters. The second-order valence-corrected chi connectivity index (χ2v) is 6.75. The van der Waals surface area contributed by atoms with Gasteiger partial charge in [-0.1, -0.05) is 24.3 Å². The van der Waals surface area contributed by atoms with Gasteiger partial charge in [0, 0.05) is 6.54 Å². The van der Waals surface area contributed by atoms with Crippen LogP contribution in [0.1, 0.15) is 24.8 Å². The summed E-state index contributed by atoms with van der Waals surface area (Å²) in [5.41, 5.74) is 0.823. The fourth-order valence-electron chi connectivity index (χ4n) is 2.23. The third-order valence-electron chi connectivity index (χ3n) is 3.46. The van der Waals surface area contributed by atoms with Gasteiger partial charge in [-0.05, 0) is 42.9 Å². The van der Waals surface area contributed by atoms with Crippen LogP contribution in [0.5, 0.6) is 0 Å². The maximum absolute atomic E-state index is 12.1. The molecule has 106 valence electrons. The van der Waals surface area contributed by atoms with Gasteiger partial charge in [-0.25, -0.2) is 13.1 Å². The summed E-state index contributed by atoms with van der Waals surface area (Å²) in [6.07, 6.45) is 7.53. The van der Waals surface area contributed by atoms with Gasteiger partial charge in [0.15, 0.2) is 0 Å². The fraction of sp³-hybridized carbons (Fsp3) is 0.400. The highest BCUT2D eigenvalue weighted by Crippen LogP contribution is 2.18. The Morgan fingerprint density at radius 3 is 2.60 bits per heavy atom. The van der Waals surface area contributed by atoms with Gasteiger partial charge in [-0.3, -0.25) is 0 Å². The van der Waals surface area contributed by atoms with Crippen molar-refractivity contribution < 1.29 is 8.42 Å². The predicted molar refractivity (Wildman–Crippen MR) is 77.4 cm³/mol. The van der Waals surface area contributed by atoms with E-state index in [1.807, 2.05) is 6.07 Å². The zero-order valence-electron chi connectivity index (χ0n) is 11.2. The highest BCUT2D eigenvalue weighted by molar-refractivity contribution is 7.89. The third-order valence-corrected chi connectivity index (χ3v) is 4.90. The highest BCUT2D eigenvalue weighted by Gasteiger charge is 2.17. The van der Waals surface area contributed by atoms with Crippen LogP contribution in [0.3, 0.4) is 0 Å². The molecule has 0 radical (unpaired) electrons. The van der Waals surface area contributed by atoms with Gasteiger partial charge in [-0.15, -0.1) is 0 Å². The van der Waals surface area contributed by atoms with Gasteiger partial charge in [0.05, 0.1) is 17.4 Å². The van der Waals surface area contributed by atoms with Crippen LogP contribution in [0.15, 0.2) is 41.3 Å². The van der Waals surface area contributed by atoms with E-state index in [2.05, 4.69) is 16.9 Å². The SMILES string of the molecule is N#CCc1ccc(S(=O)(=O)NCC2CC=CCC2)cc1. The molecule has 1 aliphatic carbocycles. The Labute approximate surface area is 120 Å². The molecule has 0 amide bonds. The van der Waals surface area contributed by atoms with Gasteiger partial charge in [0.1, 0.15) is 0 Å². The van der Waals surface area contributed by atoms with Crippen LogP contribution in [0.25, 0.3) is 0 Å². The number of nitriles is 1. The van der Waals surface area contributed by atoms with E-state index >= 15 is 0 Å². The topological polar surface area (TPSA) is 70.0 Å². The molecule has 1 aromatic carbocycles. The summed E-state index contributed by atoms with van der Waals surface area (Å²) in [6.45, 7) is 0.479. The van der Waals surface area contributed by atoms with Crippen LogP contribution >= 0.6 is 0 Å². The fourth-order valence-corrected chi connectivity index (χ4v) is 3.35. The van der Waals surface area contributed by atoms with Crippen LogP contribution in [0.2, 0.25) is 0 Å². The zero-order chi connectivity index (χ0) is 14.4. The van der Waals surface area contributed by atoms with Crippen molar-refractivity contribution in [2.75, 3.05) is 6.54 Å². The Morgan fingerprint density at radius 2 is 2.00 bits per heavy atom. The minimum atomic E-state index is -3.45. The van der Waals surface area contributed by atoms with E-state index < -0.39 is 10.0 Å². The van der Waals surface area contributed by atoms with Crippen molar-refractivity contribution in [1.82, 2.24) is 4.72 Å². The van der Waals surface area contributed by atoms with Crippen LogP contribution in [0.4, 0.5) is 0 Å². The summed E-state index contributed by atoms with van der Waals surface area (Å²) in [6, 6.07) is 8.50. The summed E-state index contributed by atoms with van der Waals surface area (Å²) >= 11 is 0. The summed E-state index contributed by atoms with van der Waals surface area (Å²) < 4.78 is 27.0. The molecule has 20 heavy (non-hydrogen) atoms. The van der Waals surface area contributed by atoms with Crippen molar-refractivity contribution in [3.05, 3.63) is 42.0 Å². The third kappa shape index (κ3) is 3.92. The summed E-state index contributed by atoms with van der Waals surface area (Å²) in [5.74, 6) is 0.382. The number of nitrogens with zero attached hydrogens (tertiary/aromatic N) is 1. The lowest BCUT2D eigenvalue weighted by atomic mass is 9.95. The van der Waals surface area contributed by atoms with E-state index in [9.17, 15) is 8.42 Å². The minimum Gasteiger partial charge on any atom is -0.211 e. The Morgan fingerprint density at radius 1 is 1.25 bits per heavy atom. The molecule has 1 aromatic rings. The molecule has 0 bridgehead atoms. The second-order valence-electron chi connectivity index (χ2n) is 4.98. The Balaban J connectivity index is 1.98. The lowest BCUT2D eigenvalue weighted by Crippen LogP contribution is -2.29. The van der Waals surface area contributed by atoms with Gasteiger partial charge in [0.2, 0.25) is 10.0 Å². The number of hydrogen-bond donors (Lipinski definition) is 1. The monoisotopic (exact) mass is 290 g/mol. The summed E-state index contributed by atoms with van der Waals surface area (Å²) in [4.78, 5) is 0.255. The van der Waals surface area contributed by atoms with Crippen molar-refractivity contribution in [1.29, 1.82) is 5.26 Å². The largest absolute Gasteiger partial charge is 0.240 e. The minimum absolute atomic E-state index is 0.255. The van der Waals surface area contributed by atoms with Crippen molar-refractivity contribution in [2.45, 2.75) is 30.6 Å². The smallest absolute Gasteiger partial charge is 0.211 e. The van der Waals surface area contributed by atoms with Crippen molar-refractivity contribution >= 4 is 10.0 Å². The summed E-state index contributed by atoms with van der Waals surface area (Å²) in [5, 5.41) is 8.59. The Bertz CT molecular complexity index is 612. The number of sulfonamides is 1. The van der Waals surface area contributed by atoms with Crippen molar-refractivity contribution in [3.63, 3.8) is 0 Å². The first-order valence-corrected chi connectivity index (χ1v) is 8.20. The lowest BCUT2D eigenvalue weighted by Gasteiger charge is -2.18. The lowest BCUT2D eigenvalue weighted by molar-refractivity contribution is 0.468. The molecule has 5 heteroatoms. The molecule has 2 rings (SSSR count). The first-order valence-electron chi connectivity index (χ1n) is 6.72. The van der Waals surface area contributed by atoms with E-state index in [4.69, 9.17) is 5.26 Å². The molecule has 1 N–H and O–H groups in total. The molecule has 1 aliphatic rings. The molecule has 0 spiro atoms. The van der Waals surface area contributed by atoms with Crippen LogP contribution in [-0.2, 0) is 16.4 Å². The van der Waals surface area contributed by atoms with E-state index in [-0.39, 0.29) is 4.90 Å². The molecular formula is C15H18N2O2S. The standard InChI is InChI=1S/C15H18N2O2S/c16-11-10-13-6-8-15(9-7-13)20(18,19)17-12-14-4-2-1-3-5-14/h1-2,6-9,14,17H,3-5,10,12H2. The first-order chi connectivity index (χ1) is 9.62. The number of hydrogen-bond acceptors (Lipinski definition) is 3. The quantitative estimate of drug-likeness (QED) is 0.846. The van der Waals surface area contributed by atoms with E-state index in [1.54, 1.807) is 24.3 Å². The number of rotatable bonds is 5. The van der Waals surface area contributed by atoms with Crippen LogP contribution < -0.4 is 4.72 Å². The van der Waals surface area contributed by atoms with Gasteiger partial charge in [0.25, 0.3) is 0 Å². The molecule has 0 aromatic heterocycles. The van der Waals surface area contributed by atoms with Crippen molar-refractivity contribution in [2.24, 2.45) is 5.92 Å². The second kappa shape index (κ2) is 6.69. The van der Waals surface area contributed by atoms with Gasteiger partial charge < -0.3 is 0 Å². The van der Waals surface area contributed by atoms with Crippen LogP contribution in [-0.4, -0.2) is 15.0 Å². The van der Waals surface area contributed by atoms with Gasteiger partial charge >= 0.3 is 0 Å². The normalized spacial score (nSPS) is 18.6. The molecule has 1 atom stereocenters. The molecule has 0 fully saturated rings. The van der Waals surface area contributed by atoms with E-state index in [0.717, 1.165) is 24.8 Å². The summed E-state index contributed by atoms with van der Waals surface area (Å²) in [7, 11) is -3.45. The first kappa shape index (κ1) is 14.8. The number of benzene rings is 1. The molecular weight excluding hydrogens is 272 g/mol. The molecule has 0 aliphatic heterocycles. The van der Waals surface area contributed by atoms with E-state index in [0.29, 0.717) is 18.9 Å². The maximum atomic E-state index is 12.1. The van der Waals surface area contributed by atoms with Crippen molar-refractivity contribution in [3.8, 4) is 6.07 Å². The molecule has 0 saturated carbocycles. The number of allylic oxidation sites excluding steroid dienone is 2.